The summed E-state index contributed by atoms with van der Waals surface area (Å²) >= 11 is 0. The first-order valence-electron chi connectivity index (χ1n) is 7.30. The highest BCUT2D eigenvalue weighted by atomic mass is 16.5. The van der Waals surface area contributed by atoms with Gasteiger partial charge in [-0.25, -0.2) is 0 Å². The maximum absolute atomic E-state index is 12.5. The number of benzene rings is 1. The van der Waals surface area contributed by atoms with Crippen LogP contribution in [0.1, 0.15) is 24.3 Å². The third kappa shape index (κ3) is 3.81. The second-order valence-corrected chi connectivity index (χ2v) is 5.32. The molecule has 110 valence electrons. The monoisotopic (exact) mass is 276 g/mol. The van der Waals surface area contributed by atoms with Crippen LogP contribution in [0, 0.1) is 5.92 Å². The van der Waals surface area contributed by atoms with Crippen molar-refractivity contribution in [3.8, 4) is 0 Å². The van der Waals surface area contributed by atoms with Gasteiger partial charge in [-0.1, -0.05) is 30.3 Å². The van der Waals surface area contributed by atoms with E-state index in [2.05, 4.69) is 12.1 Å². The van der Waals surface area contributed by atoms with Crippen LogP contribution in [0.2, 0.25) is 0 Å². The fraction of sp³-hybridized carbons (Fsp3) is 0.562. The van der Waals surface area contributed by atoms with Gasteiger partial charge in [0.05, 0.1) is 6.61 Å². The van der Waals surface area contributed by atoms with Gasteiger partial charge in [0.2, 0.25) is 5.91 Å². The van der Waals surface area contributed by atoms with Crippen LogP contribution >= 0.6 is 0 Å². The van der Waals surface area contributed by atoms with Crippen molar-refractivity contribution in [3.05, 3.63) is 35.9 Å². The molecule has 0 aromatic heterocycles. The average Bonchev–Trinajstić information content (AvgIpc) is 3.28. The molecule has 2 rings (SSSR count). The van der Waals surface area contributed by atoms with Crippen molar-refractivity contribution in [1.82, 2.24) is 4.90 Å². The Morgan fingerprint density at radius 3 is 2.75 bits per heavy atom. The van der Waals surface area contributed by atoms with Gasteiger partial charge in [0, 0.05) is 26.1 Å². The molecule has 1 aromatic carbocycles. The normalized spacial score (nSPS) is 20.7. The summed E-state index contributed by atoms with van der Waals surface area (Å²) < 4.78 is 5.09. The Bertz CT molecular complexity index is 414. The van der Waals surface area contributed by atoms with Crippen molar-refractivity contribution in [3.63, 3.8) is 0 Å². The van der Waals surface area contributed by atoms with E-state index in [0.717, 1.165) is 19.4 Å². The van der Waals surface area contributed by atoms with E-state index in [0.29, 0.717) is 25.6 Å². The lowest BCUT2D eigenvalue weighted by Crippen LogP contribution is -2.36. The van der Waals surface area contributed by atoms with Gasteiger partial charge in [0.25, 0.3) is 0 Å². The maximum Gasteiger partial charge on any atom is 0.226 e. The molecule has 1 aliphatic rings. The molecular formula is C16H24N2O2. The predicted molar refractivity (Wildman–Crippen MR) is 79.4 cm³/mol. The highest BCUT2D eigenvalue weighted by Crippen LogP contribution is 2.48. The first-order valence-corrected chi connectivity index (χ1v) is 7.30. The van der Waals surface area contributed by atoms with Crippen LogP contribution in [0.5, 0.6) is 0 Å². The molecule has 1 aliphatic carbocycles. The molecule has 1 fully saturated rings. The van der Waals surface area contributed by atoms with Crippen molar-refractivity contribution in [2.45, 2.75) is 18.8 Å². The largest absolute Gasteiger partial charge is 0.383 e. The van der Waals surface area contributed by atoms with Gasteiger partial charge in [-0.3, -0.25) is 4.79 Å². The molecule has 1 amide bonds. The van der Waals surface area contributed by atoms with Crippen molar-refractivity contribution >= 4 is 5.91 Å². The van der Waals surface area contributed by atoms with Gasteiger partial charge in [0.15, 0.2) is 0 Å². The third-order valence-electron chi connectivity index (χ3n) is 3.84. The fourth-order valence-electron chi connectivity index (χ4n) is 2.59. The quantitative estimate of drug-likeness (QED) is 0.785. The molecule has 2 unspecified atom stereocenters. The van der Waals surface area contributed by atoms with Crippen molar-refractivity contribution in [1.29, 1.82) is 0 Å². The number of hydrogen-bond acceptors (Lipinski definition) is 3. The molecule has 0 saturated heterocycles. The lowest BCUT2D eigenvalue weighted by molar-refractivity contribution is -0.133. The van der Waals surface area contributed by atoms with E-state index in [-0.39, 0.29) is 11.8 Å². The van der Waals surface area contributed by atoms with Gasteiger partial charge in [0.1, 0.15) is 0 Å². The van der Waals surface area contributed by atoms with Crippen LogP contribution < -0.4 is 5.73 Å². The van der Waals surface area contributed by atoms with Crippen LogP contribution in [0.3, 0.4) is 0 Å². The summed E-state index contributed by atoms with van der Waals surface area (Å²) in [5, 5.41) is 0. The molecule has 2 N–H and O–H groups in total. The van der Waals surface area contributed by atoms with Crippen molar-refractivity contribution in [2.24, 2.45) is 11.7 Å². The number of methoxy groups -OCH3 is 1. The predicted octanol–water partition coefficient (Wildman–Crippen LogP) is 1.61. The molecule has 4 heteroatoms. The molecular weight excluding hydrogens is 252 g/mol. The first kappa shape index (κ1) is 15.0. The molecule has 0 bridgehead atoms. The molecule has 4 nitrogen and oxygen atoms in total. The van der Waals surface area contributed by atoms with E-state index in [1.54, 1.807) is 7.11 Å². The van der Waals surface area contributed by atoms with Crippen LogP contribution in [0.15, 0.2) is 30.3 Å². The summed E-state index contributed by atoms with van der Waals surface area (Å²) in [5.74, 6) is 0.794. The van der Waals surface area contributed by atoms with Gasteiger partial charge in [-0.2, -0.15) is 0 Å². The summed E-state index contributed by atoms with van der Waals surface area (Å²) in [6.45, 7) is 2.59. The van der Waals surface area contributed by atoms with Gasteiger partial charge >= 0.3 is 0 Å². The Kier molecular flexibility index (Phi) is 5.56. The number of rotatable bonds is 8. The second-order valence-electron chi connectivity index (χ2n) is 5.32. The van der Waals surface area contributed by atoms with Crippen LogP contribution in [0.4, 0.5) is 0 Å². The molecule has 1 saturated carbocycles. The number of amides is 1. The zero-order chi connectivity index (χ0) is 14.4. The molecule has 0 spiro atoms. The SMILES string of the molecule is COCCN(CCCN)C(=O)C1CC1c1ccccc1. The molecule has 20 heavy (non-hydrogen) atoms. The summed E-state index contributed by atoms with van der Waals surface area (Å²) in [4.78, 5) is 14.4. The van der Waals surface area contributed by atoms with E-state index in [1.807, 2.05) is 23.1 Å². The van der Waals surface area contributed by atoms with E-state index in [4.69, 9.17) is 10.5 Å². The van der Waals surface area contributed by atoms with Gasteiger partial charge in [-0.15, -0.1) is 0 Å². The maximum atomic E-state index is 12.5. The van der Waals surface area contributed by atoms with Crippen molar-refractivity contribution < 1.29 is 9.53 Å². The minimum atomic E-state index is 0.145. The van der Waals surface area contributed by atoms with Crippen LogP contribution in [-0.2, 0) is 9.53 Å². The summed E-state index contributed by atoms with van der Waals surface area (Å²) in [7, 11) is 1.66. The Hall–Kier alpha value is -1.39. The van der Waals surface area contributed by atoms with Crippen LogP contribution in [0.25, 0.3) is 0 Å². The summed E-state index contributed by atoms with van der Waals surface area (Å²) in [6.07, 6.45) is 1.81. The van der Waals surface area contributed by atoms with E-state index in [1.165, 1.54) is 5.56 Å². The van der Waals surface area contributed by atoms with E-state index in [9.17, 15) is 4.79 Å². The van der Waals surface area contributed by atoms with Gasteiger partial charge < -0.3 is 15.4 Å². The smallest absolute Gasteiger partial charge is 0.226 e. The standard InChI is InChI=1S/C16H24N2O2/c1-20-11-10-18(9-5-8-17)16(19)15-12-14(15)13-6-3-2-4-7-13/h2-4,6-7,14-15H,5,8-12,17H2,1H3. The number of carbonyl (C=O) groups excluding carboxylic acids is 1. The molecule has 0 heterocycles. The third-order valence-corrected chi connectivity index (χ3v) is 3.84. The Morgan fingerprint density at radius 2 is 2.10 bits per heavy atom. The summed E-state index contributed by atoms with van der Waals surface area (Å²) in [5.41, 5.74) is 6.82. The molecule has 1 aromatic rings. The second kappa shape index (κ2) is 7.41. The topological polar surface area (TPSA) is 55.6 Å². The number of hydrogen-bond donors (Lipinski definition) is 1. The highest BCUT2D eigenvalue weighted by Gasteiger charge is 2.45. The summed E-state index contributed by atoms with van der Waals surface area (Å²) in [6, 6.07) is 10.3. The van der Waals surface area contributed by atoms with Crippen LogP contribution in [-0.4, -0.2) is 44.2 Å². The highest BCUT2D eigenvalue weighted by molar-refractivity contribution is 5.83. The first-order chi connectivity index (χ1) is 9.77. The lowest BCUT2D eigenvalue weighted by atomic mass is 10.1. The number of ether oxygens (including phenoxy) is 1. The zero-order valence-corrected chi connectivity index (χ0v) is 12.1. The fourth-order valence-corrected chi connectivity index (χ4v) is 2.59. The van der Waals surface area contributed by atoms with Crippen molar-refractivity contribution in [2.75, 3.05) is 33.4 Å². The molecule has 0 radical (unpaired) electrons. The minimum absolute atomic E-state index is 0.145. The van der Waals surface area contributed by atoms with Gasteiger partial charge in [-0.05, 0) is 30.9 Å². The van der Waals surface area contributed by atoms with E-state index < -0.39 is 0 Å². The Labute approximate surface area is 120 Å². The number of carbonyl (C=O) groups is 1. The minimum Gasteiger partial charge on any atom is -0.383 e. The molecule has 0 aliphatic heterocycles. The lowest BCUT2D eigenvalue weighted by Gasteiger charge is -2.22. The zero-order valence-electron chi connectivity index (χ0n) is 12.1. The van der Waals surface area contributed by atoms with E-state index >= 15 is 0 Å². The molecule has 2 atom stereocenters. The average molecular weight is 276 g/mol. The Morgan fingerprint density at radius 1 is 1.35 bits per heavy atom. The number of nitrogens with zero attached hydrogens (tertiary/aromatic N) is 1. The Balaban J connectivity index is 1.91. The number of nitrogens with two attached hydrogens (primary N) is 1.